The molecule has 0 saturated carbocycles. The van der Waals surface area contributed by atoms with E-state index in [4.69, 9.17) is 0 Å². The monoisotopic (exact) mass is 283 g/mol. The van der Waals surface area contributed by atoms with Gasteiger partial charge in [-0.3, -0.25) is 4.57 Å². The second-order valence-electron chi connectivity index (χ2n) is 5.85. The van der Waals surface area contributed by atoms with Gasteiger partial charge in [-0.15, -0.1) is 0 Å². The van der Waals surface area contributed by atoms with E-state index in [-0.39, 0.29) is 6.03 Å². The first-order valence-electron chi connectivity index (χ1n) is 7.59. The number of carbonyl (C=O) groups is 1. The molecule has 2 atom stereocenters. The fourth-order valence-corrected chi connectivity index (χ4v) is 3.12. The lowest BCUT2D eigenvalue weighted by atomic mass is 9.98. The normalized spacial score (nSPS) is 22.3. The molecule has 1 aliphatic rings. The van der Waals surface area contributed by atoms with Crippen LogP contribution in [0.25, 0.3) is 11.3 Å². The summed E-state index contributed by atoms with van der Waals surface area (Å²) in [6.45, 7) is 4.26. The molecule has 2 unspecified atom stereocenters. The lowest BCUT2D eigenvalue weighted by Crippen LogP contribution is -2.49. The van der Waals surface area contributed by atoms with Gasteiger partial charge >= 0.3 is 6.03 Å². The topological polar surface area (TPSA) is 38.1 Å². The van der Waals surface area contributed by atoms with E-state index in [0.29, 0.717) is 12.1 Å². The Morgan fingerprint density at radius 2 is 1.81 bits per heavy atom. The maximum Gasteiger partial charge on any atom is 0.329 e. The molecule has 21 heavy (non-hydrogen) atoms. The predicted octanol–water partition coefficient (Wildman–Crippen LogP) is 3.78. The molecule has 4 nitrogen and oxygen atoms in total. The zero-order valence-electron chi connectivity index (χ0n) is 12.6. The average molecular weight is 283 g/mol. The van der Waals surface area contributed by atoms with Crippen LogP contribution in [-0.4, -0.2) is 32.6 Å². The Labute approximate surface area is 125 Å². The lowest BCUT2D eigenvalue weighted by Gasteiger charge is -2.38. The van der Waals surface area contributed by atoms with Crippen LogP contribution in [0, 0.1) is 0 Å². The fourth-order valence-electron chi connectivity index (χ4n) is 3.12. The van der Waals surface area contributed by atoms with Crippen molar-refractivity contribution in [3.8, 4) is 11.3 Å². The van der Waals surface area contributed by atoms with Gasteiger partial charge in [0.2, 0.25) is 0 Å². The third-order valence-electron chi connectivity index (χ3n) is 4.29. The van der Waals surface area contributed by atoms with E-state index in [1.54, 1.807) is 10.9 Å². The average Bonchev–Trinajstić information content (AvgIpc) is 2.97. The number of amides is 1. The predicted molar refractivity (Wildman–Crippen MR) is 83.1 cm³/mol. The largest absolute Gasteiger partial charge is 0.329 e. The van der Waals surface area contributed by atoms with Gasteiger partial charge in [0.1, 0.15) is 6.33 Å². The quantitative estimate of drug-likeness (QED) is 0.798. The van der Waals surface area contributed by atoms with Crippen molar-refractivity contribution in [2.45, 2.75) is 45.2 Å². The summed E-state index contributed by atoms with van der Waals surface area (Å²) < 4.78 is 1.61. The standard InChI is InChI=1S/C17H21N3O/c1-13-7-6-8-14(2)20(13)17(21)19-11-16(18-12-19)15-9-4-3-5-10-15/h3-5,9-14H,6-8H2,1-2H3. The van der Waals surface area contributed by atoms with Crippen LogP contribution in [0.5, 0.6) is 0 Å². The van der Waals surface area contributed by atoms with E-state index < -0.39 is 0 Å². The van der Waals surface area contributed by atoms with E-state index in [2.05, 4.69) is 18.8 Å². The summed E-state index contributed by atoms with van der Waals surface area (Å²) in [5.74, 6) is 0. The molecule has 0 bridgehead atoms. The number of benzene rings is 1. The van der Waals surface area contributed by atoms with Gasteiger partial charge in [0.05, 0.1) is 5.69 Å². The van der Waals surface area contributed by atoms with Gasteiger partial charge in [0, 0.05) is 23.8 Å². The van der Waals surface area contributed by atoms with Gasteiger partial charge in [-0.1, -0.05) is 30.3 Å². The van der Waals surface area contributed by atoms with E-state index in [9.17, 15) is 4.79 Å². The van der Waals surface area contributed by atoms with Gasteiger partial charge in [-0.2, -0.15) is 0 Å². The van der Waals surface area contributed by atoms with Crippen LogP contribution in [0.15, 0.2) is 42.9 Å². The Morgan fingerprint density at radius 1 is 1.14 bits per heavy atom. The molecule has 0 N–H and O–H groups in total. The van der Waals surface area contributed by atoms with Crippen molar-refractivity contribution in [3.05, 3.63) is 42.9 Å². The highest BCUT2D eigenvalue weighted by Gasteiger charge is 2.29. The Bertz CT molecular complexity index is 610. The molecular formula is C17H21N3O. The van der Waals surface area contributed by atoms with Crippen LogP contribution in [0.3, 0.4) is 0 Å². The van der Waals surface area contributed by atoms with Crippen LogP contribution < -0.4 is 0 Å². The second-order valence-corrected chi connectivity index (χ2v) is 5.85. The number of nitrogens with zero attached hydrogens (tertiary/aromatic N) is 3. The Balaban J connectivity index is 1.84. The van der Waals surface area contributed by atoms with E-state index in [1.165, 1.54) is 6.42 Å². The number of carbonyl (C=O) groups excluding carboxylic acids is 1. The molecule has 1 aromatic heterocycles. The van der Waals surface area contributed by atoms with Crippen LogP contribution in [-0.2, 0) is 0 Å². The second kappa shape index (κ2) is 5.72. The summed E-state index contributed by atoms with van der Waals surface area (Å²) in [5, 5.41) is 0. The molecule has 3 rings (SSSR count). The maximum absolute atomic E-state index is 12.7. The number of rotatable bonds is 1. The fraction of sp³-hybridized carbons (Fsp3) is 0.412. The molecule has 2 heterocycles. The molecule has 1 saturated heterocycles. The molecule has 1 aromatic carbocycles. The zero-order chi connectivity index (χ0) is 14.8. The van der Waals surface area contributed by atoms with E-state index in [1.807, 2.05) is 41.4 Å². The van der Waals surface area contributed by atoms with Gasteiger partial charge in [-0.25, -0.2) is 9.78 Å². The van der Waals surface area contributed by atoms with Crippen LogP contribution in [0.4, 0.5) is 4.79 Å². The van der Waals surface area contributed by atoms with Crippen molar-refractivity contribution in [1.29, 1.82) is 0 Å². The van der Waals surface area contributed by atoms with Crippen molar-refractivity contribution in [1.82, 2.24) is 14.5 Å². The Hall–Kier alpha value is -2.10. The highest BCUT2D eigenvalue weighted by molar-refractivity contribution is 5.78. The highest BCUT2D eigenvalue weighted by atomic mass is 16.2. The molecular weight excluding hydrogens is 262 g/mol. The molecule has 1 fully saturated rings. The third-order valence-corrected chi connectivity index (χ3v) is 4.29. The van der Waals surface area contributed by atoms with Gasteiger partial charge in [0.15, 0.2) is 0 Å². The smallest absolute Gasteiger partial charge is 0.319 e. The zero-order valence-corrected chi connectivity index (χ0v) is 12.6. The van der Waals surface area contributed by atoms with Crippen molar-refractivity contribution >= 4 is 6.03 Å². The van der Waals surface area contributed by atoms with E-state index >= 15 is 0 Å². The van der Waals surface area contributed by atoms with Crippen LogP contribution in [0.1, 0.15) is 33.1 Å². The van der Waals surface area contributed by atoms with E-state index in [0.717, 1.165) is 24.1 Å². The molecule has 0 radical (unpaired) electrons. The number of hydrogen-bond acceptors (Lipinski definition) is 2. The summed E-state index contributed by atoms with van der Waals surface area (Å²) in [6, 6.07) is 10.6. The lowest BCUT2D eigenvalue weighted by molar-refractivity contribution is 0.124. The summed E-state index contributed by atoms with van der Waals surface area (Å²) in [4.78, 5) is 19.1. The molecule has 110 valence electrons. The number of likely N-dealkylation sites (tertiary alicyclic amines) is 1. The molecule has 2 aromatic rings. The SMILES string of the molecule is CC1CCCC(C)N1C(=O)n1cnc(-c2ccccc2)c1. The number of imidazole rings is 1. The van der Waals surface area contributed by atoms with Crippen molar-refractivity contribution < 1.29 is 4.79 Å². The number of aromatic nitrogens is 2. The Morgan fingerprint density at radius 3 is 2.48 bits per heavy atom. The highest BCUT2D eigenvalue weighted by Crippen LogP contribution is 2.24. The molecule has 1 amide bonds. The van der Waals surface area contributed by atoms with Gasteiger partial charge < -0.3 is 4.90 Å². The summed E-state index contributed by atoms with van der Waals surface area (Å²) in [7, 11) is 0. The number of hydrogen-bond donors (Lipinski definition) is 0. The summed E-state index contributed by atoms with van der Waals surface area (Å²) >= 11 is 0. The minimum atomic E-state index is 0.0318. The molecule has 0 spiro atoms. The third kappa shape index (κ3) is 2.71. The van der Waals surface area contributed by atoms with Crippen LogP contribution in [0.2, 0.25) is 0 Å². The minimum Gasteiger partial charge on any atom is -0.319 e. The molecule has 4 heteroatoms. The first kappa shape index (κ1) is 13.9. The minimum absolute atomic E-state index is 0.0318. The molecule has 1 aliphatic heterocycles. The maximum atomic E-state index is 12.7. The first-order chi connectivity index (χ1) is 10.2. The first-order valence-corrected chi connectivity index (χ1v) is 7.59. The molecule has 0 aliphatic carbocycles. The number of piperidine rings is 1. The van der Waals surface area contributed by atoms with Crippen LogP contribution >= 0.6 is 0 Å². The Kier molecular flexibility index (Phi) is 3.78. The summed E-state index contributed by atoms with van der Waals surface area (Å²) in [5.41, 5.74) is 1.87. The van der Waals surface area contributed by atoms with Gasteiger partial charge in [-0.05, 0) is 33.1 Å². The van der Waals surface area contributed by atoms with Gasteiger partial charge in [0.25, 0.3) is 0 Å². The van der Waals surface area contributed by atoms with Crippen molar-refractivity contribution in [2.75, 3.05) is 0 Å². The summed E-state index contributed by atoms with van der Waals surface area (Å²) in [6.07, 6.45) is 6.81. The van der Waals surface area contributed by atoms with Crippen molar-refractivity contribution in [2.24, 2.45) is 0 Å². The van der Waals surface area contributed by atoms with Crippen molar-refractivity contribution in [3.63, 3.8) is 0 Å².